The molecule has 10 heteroatoms. The van der Waals surface area contributed by atoms with Crippen LogP contribution in [0.5, 0.6) is 5.75 Å². The minimum atomic E-state index is -5.05. The number of aromatic nitrogens is 1. The molecule has 0 bridgehead atoms. The minimum absolute atomic E-state index is 0.118. The largest absolute Gasteiger partial charge is 0.496 e. The maximum Gasteiger partial charge on any atom is 0.422 e. The van der Waals surface area contributed by atoms with Gasteiger partial charge in [-0.25, -0.2) is 9.78 Å². The Morgan fingerprint density at radius 3 is 2.47 bits per heavy atom. The summed E-state index contributed by atoms with van der Waals surface area (Å²) in [6, 6.07) is 10.7. The van der Waals surface area contributed by atoms with E-state index >= 15 is 0 Å². The molecule has 1 aromatic heterocycles. The monoisotopic (exact) mass is 522 g/mol. The quantitative estimate of drug-likeness (QED) is 0.328. The molecule has 0 radical (unpaired) electrons. The van der Waals surface area contributed by atoms with Crippen LogP contribution in [0.2, 0.25) is 5.02 Å². The van der Waals surface area contributed by atoms with Gasteiger partial charge in [0.2, 0.25) is 0 Å². The normalized spacial score (nSPS) is 14.2. The summed E-state index contributed by atoms with van der Waals surface area (Å²) in [5.74, 6) is -0.861. The molecule has 0 saturated carbocycles. The van der Waals surface area contributed by atoms with Crippen LogP contribution in [0.3, 0.4) is 0 Å². The third kappa shape index (κ3) is 5.47. The number of fused-ring (bicyclic) bond motifs is 1. The molecule has 192 valence electrons. The average molecular weight is 523 g/mol. The predicted octanol–water partition coefficient (Wildman–Crippen LogP) is 6.52. The van der Waals surface area contributed by atoms with Gasteiger partial charge in [0, 0.05) is 22.2 Å². The maximum atomic E-state index is 14.2. The Morgan fingerprint density at radius 1 is 1.19 bits per heavy atom. The molecule has 0 aliphatic rings. The third-order valence-electron chi connectivity index (χ3n) is 6.01. The van der Waals surface area contributed by atoms with Crippen LogP contribution in [0, 0.1) is 0 Å². The predicted molar refractivity (Wildman–Crippen MR) is 133 cm³/mol. The fraction of sp³-hybridized carbons (Fsp3) is 0.346. The van der Waals surface area contributed by atoms with Gasteiger partial charge in [0.25, 0.3) is 0 Å². The topological polar surface area (TPSA) is 92.0 Å². The SMILES string of the molecule is CCc1cc2c(N=CC(O)(CC(C)(C)c3cc(Cl)ccc3OC)C(F)(F)F)cccc2nc1C(=O)O. The number of benzene rings is 2. The van der Waals surface area contributed by atoms with Crippen molar-refractivity contribution in [2.75, 3.05) is 7.11 Å². The van der Waals surface area contributed by atoms with Crippen LogP contribution >= 0.6 is 11.6 Å². The molecule has 0 saturated heterocycles. The van der Waals surface area contributed by atoms with Gasteiger partial charge in [-0.1, -0.05) is 38.4 Å². The van der Waals surface area contributed by atoms with E-state index in [0.29, 0.717) is 39.9 Å². The highest BCUT2D eigenvalue weighted by molar-refractivity contribution is 6.30. The number of rotatable bonds is 8. The summed E-state index contributed by atoms with van der Waals surface area (Å²) in [6.45, 7) is 4.85. The van der Waals surface area contributed by atoms with Gasteiger partial charge in [-0.15, -0.1) is 0 Å². The number of aryl methyl sites for hydroxylation is 1. The molecule has 0 spiro atoms. The van der Waals surface area contributed by atoms with E-state index in [1.165, 1.54) is 25.3 Å². The van der Waals surface area contributed by atoms with Crippen molar-refractivity contribution in [3.05, 3.63) is 64.3 Å². The van der Waals surface area contributed by atoms with Gasteiger partial charge < -0.3 is 14.9 Å². The summed E-state index contributed by atoms with van der Waals surface area (Å²) in [5, 5.41) is 21.0. The highest BCUT2D eigenvalue weighted by Crippen LogP contribution is 2.44. The molecule has 6 nitrogen and oxygen atoms in total. The number of ether oxygens (including phenoxy) is 1. The van der Waals surface area contributed by atoms with E-state index in [0.717, 1.165) is 0 Å². The Hall–Kier alpha value is -3.17. The molecule has 2 N–H and O–H groups in total. The lowest BCUT2D eigenvalue weighted by Crippen LogP contribution is -2.50. The third-order valence-corrected chi connectivity index (χ3v) is 6.24. The highest BCUT2D eigenvalue weighted by Gasteiger charge is 2.55. The van der Waals surface area contributed by atoms with Crippen LogP contribution in [-0.4, -0.2) is 46.3 Å². The van der Waals surface area contributed by atoms with E-state index in [-0.39, 0.29) is 16.9 Å². The number of aromatic carboxylic acids is 1. The number of carboxylic acids is 1. The van der Waals surface area contributed by atoms with Crippen LogP contribution < -0.4 is 4.74 Å². The van der Waals surface area contributed by atoms with Crippen molar-refractivity contribution in [2.45, 2.75) is 50.8 Å². The second-order valence-corrected chi connectivity index (χ2v) is 9.52. The van der Waals surface area contributed by atoms with Crippen molar-refractivity contribution in [1.82, 2.24) is 4.98 Å². The Labute approximate surface area is 211 Å². The summed E-state index contributed by atoms with van der Waals surface area (Å²) in [7, 11) is 1.40. The number of carbonyl (C=O) groups is 1. The number of hydrogen-bond acceptors (Lipinski definition) is 5. The van der Waals surface area contributed by atoms with Gasteiger partial charge in [0.05, 0.1) is 18.3 Å². The molecule has 0 fully saturated rings. The Balaban J connectivity index is 2.09. The molecule has 3 aromatic rings. The molecule has 0 aliphatic heterocycles. The van der Waals surface area contributed by atoms with Crippen molar-refractivity contribution in [2.24, 2.45) is 4.99 Å². The van der Waals surface area contributed by atoms with Gasteiger partial charge in [-0.3, -0.25) is 4.99 Å². The summed E-state index contributed by atoms with van der Waals surface area (Å²) in [5.41, 5.74) is -3.46. The maximum absolute atomic E-state index is 14.2. The highest BCUT2D eigenvalue weighted by atomic mass is 35.5. The van der Waals surface area contributed by atoms with Crippen LogP contribution in [-0.2, 0) is 11.8 Å². The molecule has 0 amide bonds. The molecule has 1 atom stereocenters. The van der Waals surface area contributed by atoms with Crippen molar-refractivity contribution < 1.29 is 32.9 Å². The standard InChI is InChI=1S/C26H26ClF3N2O4/c1-5-15-11-17-19(7-6-8-20(17)32-22(15)23(33)34)31-14-25(35,26(28,29)30)13-24(2,3)18-12-16(27)9-10-21(18)36-4/h6-12,14,35H,5,13H2,1-4H3,(H,33,34). The summed E-state index contributed by atoms with van der Waals surface area (Å²) < 4.78 is 47.9. The smallest absolute Gasteiger partial charge is 0.422 e. The van der Waals surface area contributed by atoms with Crippen molar-refractivity contribution in [3.63, 3.8) is 0 Å². The zero-order valence-corrected chi connectivity index (χ0v) is 20.9. The number of hydrogen-bond donors (Lipinski definition) is 2. The first-order valence-electron chi connectivity index (χ1n) is 11.1. The van der Waals surface area contributed by atoms with Crippen LogP contribution in [0.15, 0.2) is 47.5 Å². The van der Waals surface area contributed by atoms with Crippen LogP contribution in [0.4, 0.5) is 18.9 Å². The molecule has 3 rings (SSSR count). The number of methoxy groups -OCH3 is 1. The summed E-state index contributed by atoms with van der Waals surface area (Å²) >= 11 is 6.08. The fourth-order valence-electron chi connectivity index (χ4n) is 4.16. The lowest BCUT2D eigenvalue weighted by atomic mass is 9.75. The molecule has 0 aliphatic carbocycles. The number of pyridine rings is 1. The van der Waals surface area contributed by atoms with Crippen molar-refractivity contribution in [1.29, 1.82) is 0 Å². The number of nitrogens with zero attached hydrogens (tertiary/aromatic N) is 2. The molecule has 1 heterocycles. The van der Waals surface area contributed by atoms with E-state index in [1.807, 2.05) is 0 Å². The number of aliphatic hydroxyl groups is 1. The fourth-order valence-corrected chi connectivity index (χ4v) is 4.33. The van der Waals surface area contributed by atoms with Gasteiger partial charge >= 0.3 is 12.1 Å². The van der Waals surface area contributed by atoms with E-state index in [2.05, 4.69) is 9.98 Å². The lowest BCUT2D eigenvalue weighted by Gasteiger charge is -2.36. The zero-order valence-electron chi connectivity index (χ0n) is 20.2. The van der Waals surface area contributed by atoms with E-state index < -0.39 is 29.6 Å². The van der Waals surface area contributed by atoms with Crippen LogP contribution in [0.1, 0.15) is 48.8 Å². The van der Waals surface area contributed by atoms with E-state index in [4.69, 9.17) is 16.3 Å². The average Bonchev–Trinajstić information content (AvgIpc) is 2.80. The van der Waals surface area contributed by atoms with Gasteiger partial charge in [-0.2, -0.15) is 13.2 Å². The Bertz CT molecular complexity index is 1320. The second kappa shape index (κ2) is 10.1. The molecule has 2 aromatic carbocycles. The molecular formula is C26H26ClF3N2O4. The van der Waals surface area contributed by atoms with Gasteiger partial charge in [-0.05, 0) is 60.2 Å². The lowest BCUT2D eigenvalue weighted by molar-refractivity contribution is -0.234. The van der Waals surface area contributed by atoms with Gasteiger partial charge in [0.1, 0.15) is 5.75 Å². The molecule has 1 unspecified atom stereocenters. The minimum Gasteiger partial charge on any atom is -0.496 e. The Morgan fingerprint density at radius 2 is 1.89 bits per heavy atom. The Kier molecular flexibility index (Phi) is 7.66. The first-order valence-corrected chi connectivity index (χ1v) is 11.4. The number of carboxylic acid groups (broad SMARTS) is 1. The van der Waals surface area contributed by atoms with E-state index in [1.54, 1.807) is 45.0 Å². The van der Waals surface area contributed by atoms with Crippen molar-refractivity contribution >= 4 is 40.4 Å². The number of alkyl halides is 3. The second-order valence-electron chi connectivity index (χ2n) is 9.08. The van der Waals surface area contributed by atoms with Crippen LogP contribution in [0.25, 0.3) is 10.9 Å². The first-order chi connectivity index (χ1) is 16.7. The zero-order chi connectivity index (χ0) is 26.9. The van der Waals surface area contributed by atoms with Crippen molar-refractivity contribution in [3.8, 4) is 5.75 Å². The van der Waals surface area contributed by atoms with E-state index in [9.17, 15) is 28.2 Å². The molecule has 36 heavy (non-hydrogen) atoms. The first kappa shape index (κ1) is 27.4. The number of aliphatic imine (C=N–C) groups is 1. The summed E-state index contributed by atoms with van der Waals surface area (Å²) in [6.07, 6.45) is -4.98. The van der Waals surface area contributed by atoms with Gasteiger partial charge in [0.15, 0.2) is 11.3 Å². The number of halogens is 4. The molecular weight excluding hydrogens is 497 g/mol. The summed E-state index contributed by atoms with van der Waals surface area (Å²) in [4.78, 5) is 19.7.